The molecule has 2 rings (SSSR count). The summed E-state index contributed by atoms with van der Waals surface area (Å²) in [5.74, 6) is -1.21. The van der Waals surface area contributed by atoms with Gasteiger partial charge < -0.3 is 5.11 Å². The fraction of sp³-hybridized carbons (Fsp3) is 0.438. The average Bonchev–Trinajstić information content (AvgIpc) is 2.37. The number of hydrogen-bond donors (Lipinski definition) is 1. The molecule has 5 nitrogen and oxygen atoms in total. The maximum absolute atomic E-state index is 12.0. The molecular formula is C16H19NO4. The van der Waals surface area contributed by atoms with Crippen LogP contribution >= 0.6 is 0 Å². The predicted molar refractivity (Wildman–Crippen MR) is 78.0 cm³/mol. The van der Waals surface area contributed by atoms with Gasteiger partial charge in [-0.3, -0.25) is 19.3 Å². The Morgan fingerprint density at radius 1 is 1.24 bits per heavy atom. The van der Waals surface area contributed by atoms with Gasteiger partial charge in [0.15, 0.2) is 0 Å². The van der Waals surface area contributed by atoms with Crippen LogP contribution in [0.4, 0.5) is 5.69 Å². The standard InChI is InChI=1S/C16H19NO4/c1-10-7-14(18)17(15(19)8-10)13-5-3-12(4-6-13)11(2)9-16(20)21/h3-6,10-11H,7-9H2,1-2H3,(H,20,21). The second-order valence-corrected chi connectivity index (χ2v) is 5.73. The molecule has 21 heavy (non-hydrogen) atoms. The number of benzene rings is 1. The van der Waals surface area contributed by atoms with Crippen LogP contribution < -0.4 is 4.90 Å². The van der Waals surface area contributed by atoms with Crippen molar-refractivity contribution in [1.82, 2.24) is 0 Å². The normalized spacial score (nSPS) is 17.9. The minimum Gasteiger partial charge on any atom is -0.481 e. The van der Waals surface area contributed by atoms with E-state index in [0.29, 0.717) is 18.5 Å². The van der Waals surface area contributed by atoms with Gasteiger partial charge in [-0.25, -0.2) is 0 Å². The number of nitrogens with zero attached hydrogens (tertiary/aromatic N) is 1. The Labute approximate surface area is 123 Å². The molecular weight excluding hydrogens is 270 g/mol. The van der Waals surface area contributed by atoms with E-state index in [1.165, 1.54) is 4.90 Å². The lowest BCUT2D eigenvalue weighted by Gasteiger charge is -2.28. The number of rotatable bonds is 4. The first-order chi connectivity index (χ1) is 9.88. The summed E-state index contributed by atoms with van der Waals surface area (Å²) in [4.78, 5) is 36.0. The van der Waals surface area contributed by atoms with Crippen molar-refractivity contribution in [3.63, 3.8) is 0 Å². The van der Waals surface area contributed by atoms with E-state index in [0.717, 1.165) is 5.56 Å². The first-order valence-corrected chi connectivity index (χ1v) is 7.06. The van der Waals surface area contributed by atoms with E-state index < -0.39 is 5.97 Å². The van der Waals surface area contributed by atoms with Crippen LogP contribution in [0.25, 0.3) is 0 Å². The van der Waals surface area contributed by atoms with Crippen LogP contribution in [-0.4, -0.2) is 22.9 Å². The predicted octanol–water partition coefficient (Wildman–Crippen LogP) is 2.55. The maximum atomic E-state index is 12.0. The molecule has 112 valence electrons. The summed E-state index contributed by atoms with van der Waals surface area (Å²) in [7, 11) is 0. The molecule has 2 amide bonds. The number of aliphatic carboxylic acids is 1. The molecule has 1 unspecified atom stereocenters. The van der Waals surface area contributed by atoms with Gasteiger partial charge in [-0.2, -0.15) is 0 Å². The van der Waals surface area contributed by atoms with Crippen LogP contribution in [0.5, 0.6) is 0 Å². The van der Waals surface area contributed by atoms with Crippen LogP contribution in [0.15, 0.2) is 24.3 Å². The third-order valence-corrected chi connectivity index (χ3v) is 3.75. The molecule has 0 spiro atoms. The Kier molecular flexibility index (Phi) is 4.40. The SMILES string of the molecule is CC1CC(=O)N(c2ccc(C(C)CC(=O)O)cc2)C(=O)C1. The second kappa shape index (κ2) is 6.08. The van der Waals surface area contributed by atoms with Gasteiger partial charge in [-0.15, -0.1) is 0 Å². The van der Waals surface area contributed by atoms with Crippen molar-refractivity contribution in [3.8, 4) is 0 Å². The number of carbonyl (C=O) groups excluding carboxylic acids is 2. The summed E-state index contributed by atoms with van der Waals surface area (Å²) in [6, 6.07) is 6.97. The minimum atomic E-state index is -0.845. The highest BCUT2D eigenvalue weighted by Crippen LogP contribution is 2.27. The molecule has 0 bridgehead atoms. The fourth-order valence-electron chi connectivity index (χ4n) is 2.61. The van der Waals surface area contributed by atoms with Gasteiger partial charge in [0.05, 0.1) is 12.1 Å². The van der Waals surface area contributed by atoms with Crippen LogP contribution in [0.3, 0.4) is 0 Å². The monoisotopic (exact) mass is 289 g/mol. The van der Waals surface area contributed by atoms with Gasteiger partial charge in [0, 0.05) is 12.8 Å². The maximum Gasteiger partial charge on any atom is 0.303 e. The molecule has 1 aliphatic rings. The van der Waals surface area contributed by atoms with Gasteiger partial charge in [-0.1, -0.05) is 26.0 Å². The summed E-state index contributed by atoms with van der Waals surface area (Å²) in [5, 5.41) is 8.80. The van der Waals surface area contributed by atoms with Crippen molar-refractivity contribution in [2.75, 3.05) is 4.90 Å². The fourth-order valence-corrected chi connectivity index (χ4v) is 2.61. The number of carbonyl (C=O) groups is 3. The van der Waals surface area contributed by atoms with Crippen molar-refractivity contribution in [2.24, 2.45) is 5.92 Å². The summed E-state index contributed by atoms with van der Waals surface area (Å²) in [6.07, 6.45) is 0.810. The summed E-state index contributed by atoms with van der Waals surface area (Å²) >= 11 is 0. The van der Waals surface area contributed by atoms with E-state index in [9.17, 15) is 14.4 Å². The Morgan fingerprint density at radius 2 is 1.76 bits per heavy atom. The van der Waals surface area contributed by atoms with Crippen molar-refractivity contribution in [1.29, 1.82) is 0 Å². The Bertz CT molecular complexity index is 546. The first kappa shape index (κ1) is 15.2. The zero-order valence-corrected chi connectivity index (χ0v) is 12.2. The highest BCUT2D eigenvalue weighted by Gasteiger charge is 2.31. The van der Waals surface area contributed by atoms with E-state index in [1.54, 1.807) is 24.3 Å². The number of carboxylic acid groups (broad SMARTS) is 1. The van der Waals surface area contributed by atoms with Crippen molar-refractivity contribution in [3.05, 3.63) is 29.8 Å². The molecule has 1 heterocycles. The Morgan fingerprint density at radius 3 is 2.24 bits per heavy atom. The smallest absolute Gasteiger partial charge is 0.303 e. The van der Waals surface area contributed by atoms with E-state index in [4.69, 9.17) is 5.11 Å². The molecule has 1 atom stereocenters. The topological polar surface area (TPSA) is 74.7 Å². The van der Waals surface area contributed by atoms with Crippen LogP contribution in [0.2, 0.25) is 0 Å². The van der Waals surface area contributed by atoms with E-state index >= 15 is 0 Å². The second-order valence-electron chi connectivity index (χ2n) is 5.73. The number of carboxylic acids is 1. The number of amides is 2. The number of imide groups is 1. The third kappa shape index (κ3) is 3.48. The van der Waals surface area contributed by atoms with E-state index in [1.807, 2.05) is 13.8 Å². The number of piperidine rings is 1. The molecule has 0 aromatic heterocycles. The lowest BCUT2D eigenvalue weighted by Crippen LogP contribution is -2.42. The van der Waals surface area contributed by atoms with Crippen LogP contribution in [-0.2, 0) is 14.4 Å². The summed E-state index contributed by atoms with van der Waals surface area (Å²) < 4.78 is 0. The summed E-state index contributed by atoms with van der Waals surface area (Å²) in [5.41, 5.74) is 1.44. The minimum absolute atomic E-state index is 0.0540. The molecule has 1 fully saturated rings. The molecule has 1 aliphatic heterocycles. The molecule has 1 saturated heterocycles. The van der Waals surface area contributed by atoms with Gasteiger partial charge >= 0.3 is 5.97 Å². The van der Waals surface area contributed by atoms with E-state index in [-0.39, 0.29) is 30.1 Å². The molecule has 1 N–H and O–H groups in total. The molecule has 5 heteroatoms. The quantitative estimate of drug-likeness (QED) is 0.864. The van der Waals surface area contributed by atoms with Gasteiger partial charge in [-0.05, 0) is 29.5 Å². The lowest BCUT2D eigenvalue weighted by molar-refractivity contribution is -0.137. The van der Waals surface area contributed by atoms with Gasteiger partial charge in [0.1, 0.15) is 0 Å². The largest absolute Gasteiger partial charge is 0.481 e. The van der Waals surface area contributed by atoms with Crippen molar-refractivity contribution >= 4 is 23.5 Å². The Hall–Kier alpha value is -2.17. The Balaban J connectivity index is 2.17. The lowest BCUT2D eigenvalue weighted by atomic mass is 9.95. The third-order valence-electron chi connectivity index (χ3n) is 3.75. The number of anilines is 1. The van der Waals surface area contributed by atoms with Crippen LogP contribution in [0.1, 0.15) is 44.6 Å². The molecule has 0 aliphatic carbocycles. The number of hydrogen-bond acceptors (Lipinski definition) is 3. The first-order valence-electron chi connectivity index (χ1n) is 7.06. The van der Waals surface area contributed by atoms with Crippen molar-refractivity contribution in [2.45, 2.75) is 39.0 Å². The van der Waals surface area contributed by atoms with Gasteiger partial charge in [0.2, 0.25) is 11.8 Å². The molecule has 0 saturated carbocycles. The summed E-state index contributed by atoms with van der Waals surface area (Å²) in [6.45, 7) is 3.73. The highest BCUT2D eigenvalue weighted by molar-refractivity contribution is 6.16. The highest BCUT2D eigenvalue weighted by atomic mass is 16.4. The van der Waals surface area contributed by atoms with E-state index in [2.05, 4.69) is 0 Å². The zero-order chi connectivity index (χ0) is 15.6. The average molecular weight is 289 g/mol. The van der Waals surface area contributed by atoms with Crippen LogP contribution in [0, 0.1) is 5.92 Å². The molecule has 1 aromatic carbocycles. The van der Waals surface area contributed by atoms with Crippen molar-refractivity contribution < 1.29 is 19.5 Å². The van der Waals surface area contributed by atoms with Gasteiger partial charge in [0.25, 0.3) is 0 Å². The zero-order valence-electron chi connectivity index (χ0n) is 12.2. The molecule has 0 radical (unpaired) electrons. The molecule has 1 aromatic rings.